The average molecular weight is 321 g/mol. The van der Waals surface area contributed by atoms with Gasteiger partial charge in [0.2, 0.25) is 0 Å². The third-order valence-electron chi connectivity index (χ3n) is 4.11. The minimum Gasteiger partial charge on any atom is -0.498 e. The van der Waals surface area contributed by atoms with Crippen molar-refractivity contribution in [2.45, 2.75) is 26.7 Å². The Bertz CT molecular complexity index is 520. The summed E-state index contributed by atoms with van der Waals surface area (Å²) in [6.45, 7) is 4.44. The number of carbonyl (C=O) groups is 2. The highest BCUT2D eigenvalue weighted by Crippen LogP contribution is 2.35. The standard InChI is InChI=1S/C17H23NO5/c1-13(16(20)21)5-6-17(2,12-18)15-4-3-14(9-19)10-22-7-8-23-11-15/h3-4,9-10,13,15H,5-8,11H2,1-2H3,(H,20,21)/b4-3-,14-10-/t13-,15-,17?/m1/s1. The van der Waals surface area contributed by atoms with Gasteiger partial charge in [0.25, 0.3) is 0 Å². The lowest BCUT2D eigenvalue weighted by Crippen LogP contribution is -2.30. The van der Waals surface area contributed by atoms with Gasteiger partial charge in [0.1, 0.15) is 6.61 Å². The fourth-order valence-corrected chi connectivity index (χ4v) is 2.22. The lowest BCUT2D eigenvalue weighted by molar-refractivity contribution is -0.141. The van der Waals surface area contributed by atoms with Crippen molar-refractivity contribution in [1.82, 2.24) is 0 Å². The largest absolute Gasteiger partial charge is 0.498 e. The molecule has 0 aliphatic carbocycles. The van der Waals surface area contributed by atoms with Gasteiger partial charge in [0, 0.05) is 11.5 Å². The highest BCUT2D eigenvalue weighted by molar-refractivity contribution is 5.76. The monoisotopic (exact) mass is 321 g/mol. The van der Waals surface area contributed by atoms with Gasteiger partial charge in [-0.1, -0.05) is 19.1 Å². The zero-order valence-electron chi connectivity index (χ0n) is 13.5. The Hall–Kier alpha value is -2.13. The molecule has 0 radical (unpaired) electrons. The summed E-state index contributed by atoms with van der Waals surface area (Å²) in [5.74, 6) is -1.62. The summed E-state index contributed by atoms with van der Waals surface area (Å²) in [4.78, 5) is 21.9. The molecule has 3 atom stereocenters. The van der Waals surface area contributed by atoms with E-state index in [1.54, 1.807) is 26.0 Å². The minimum absolute atomic E-state index is 0.241. The van der Waals surface area contributed by atoms with Crippen LogP contribution >= 0.6 is 0 Å². The summed E-state index contributed by atoms with van der Waals surface area (Å²) in [6, 6.07) is 2.30. The highest BCUT2D eigenvalue weighted by Gasteiger charge is 2.34. The molecular formula is C17H23NO5. The molecule has 6 heteroatoms. The van der Waals surface area contributed by atoms with E-state index in [-0.39, 0.29) is 5.92 Å². The Morgan fingerprint density at radius 3 is 2.96 bits per heavy atom. The number of aldehydes is 1. The van der Waals surface area contributed by atoms with Crippen molar-refractivity contribution in [2.75, 3.05) is 19.8 Å². The van der Waals surface area contributed by atoms with E-state index in [4.69, 9.17) is 14.6 Å². The van der Waals surface area contributed by atoms with Crippen molar-refractivity contribution < 1.29 is 24.2 Å². The van der Waals surface area contributed by atoms with Gasteiger partial charge < -0.3 is 14.6 Å². The molecule has 1 rings (SSSR count). The van der Waals surface area contributed by atoms with Crippen molar-refractivity contribution in [3.8, 4) is 6.07 Å². The SMILES string of the molecule is C[C@H](CCC(C)(C#N)[C@@H]1/C=C\C(C=O)=C\OCCOC1)C(=O)O. The number of aliphatic carboxylic acids is 1. The first-order valence-corrected chi connectivity index (χ1v) is 7.60. The number of hydrogen-bond acceptors (Lipinski definition) is 5. The molecule has 0 saturated heterocycles. The van der Waals surface area contributed by atoms with E-state index in [1.165, 1.54) is 6.26 Å². The first kappa shape index (κ1) is 18.9. The molecule has 1 heterocycles. The van der Waals surface area contributed by atoms with Crippen LogP contribution in [0.4, 0.5) is 0 Å². The molecular weight excluding hydrogens is 298 g/mol. The molecule has 0 saturated carbocycles. The topological polar surface area (TPSA) is 96.6 Å². The van der Waals surface area contributed by atoms with Crippen LogP contribution in [-0.2, 0) is 19.1 Å². The molecule has 0 amide bonds. The Labute approximate surface area is 136 Å². The number of carbonyl (C=O) groups excluding carboxylic acids is 1. The number of allylic oxidation sites excluding steroid dienone is 2. The van der Waals surface area contributed by atoms with E-state index >= 15 is 0 Å². The normalized spacial score (nSPS) is 26.3. The molecule has 126 valence electrons. The molecule has 1 aliphatic rings. The number of nitriles is 1. The van der Waals surface area contributed by atoms with Crippen LogP contribution < -0.4 is 0 Å². The Morgan fingerprint density at radius 1 is 1.61 bits per heavy atom. The molecule has 1 aliphatic heterocycles. The second-order valence-electron chi connectivity index (χ2n) is 5.95. The van der Waals surface area contributed by atoms with E-state index < -0.39 is 17.3 Å². The predicted octanol–water partition coefficient (Wildman–Crippen LogP) is 2.32. The second kappa shape index (κ2) is 9.11. The highest BCUT2D eigenvalue weighted by atomic mass is 16.5. The number of nitrogens with zero attached hydrogens (tertiary/aromatic N) is 1. The first-order chi connectivity index (χ1) is 10.9. The van der Waals surface area contributed by atoms with Crippen LogP contribution in [0.15, 0.2) is 24.0 Å². The minimum atomic E-state index is -0.869. The number of ether oxygens (including phenoxy) is 2. The van der Waals surface area contributed by atoms with Crippen LogP contribution in [0, 0.1) is 28.6 Å². The molecule has 1 N–H and O–H groups in total. The Morgan fingerprint density at radius 2 is 2.35 bits per heavy atom. The van der Waals surface area contributed by atoms with Crippen molar-refractivity contribution in [1.29, 1.82) is 5.26 Å². The number of carboxylic acids is 1. The first-order valence-electron chi connectivity index (χ1n) is 7.60. The molecule has 1 unspecified atom stereocenters. The molecule has 0 fully saturated rings. The maximum atomic E-state index is 11.0. The van der Waals surface area contributed by atoms with Gasteiger partial charge in [-0.3, -0.25) is 9.59 Å². The summed E-state index contributed by atoms with van der Waals surface area (Å²) in [5, 5.41) is 18.6. The van der Waals surface area contributed by atoms with Gasteiger partial charge in [-0.2, -0.15) is 5.26 Å². The van der Waals surface area contributed by atoms with Crippen LogP contribution in [-0.4, -0.2) is 37.2 Å². The molecule has 0 aromatic heterocycles. The van der Waals surface area contributed by atoms with Gasteiger partial charge >= 0.3 is 5.97 Å². The lowest BCUT2D eigenvalue weighted by Gasteiger charge is -2.30. The fraction of sp³-hybridized carbons (Fsp3) is 0.588. The summed E-state index contributed by atoms with van der Waals surface area (Å²) in [7, 11) is 0. The zero-order chi connectivity index (χ0) is 17.3. The van der Waals surface area contributed by atoms with Crippen molar-refractivity contribution >= 4 is 12.3 Å². The molecule has 0 bridgehead atoms. The van der Waals surface area contributed by atoms with Crippen LogP contribution in [0.3, 0.4) is 0 Å². The molecule has 0 aromatic rings. The van der Waals surface area contributed by atoms with Gasteiger partial charge in [0.15, 0.2) is 6.29 Å². The lowest BCUT2D eigenvalue weighted by atomic mass is 9.73. The smallest absolute Gasteiger partial charge is 0.306 e. The number of carboxylic acid groups (broad SMARTS) is 1. The van der Waals surface area contributed by atoms with Gasteiger partial charge in [-0.15, -0.1) is 0 Å². The van der Waals surface area contributed by atoms with Crippen molar-refractivity contribution in [3.63, 3.8) is 0 Å². The molecule has 23 heavy (non-hydrogen) atoms. The van der Waals surface area contributed by atoms with E-state index in [0.29, 0.717) is 44.5 Å². The van der Waals surface area contributed by atoms with Crippen molar-refractivity contribution in [3.05, 3.63) is 24.0 Å². The third kappa shape index (κ3) is 5.87. The molecule has 0 spiro atoms. The van der Waals surface area contributed by atoms with E-state index in [0.717, 1.165) is 0 Å². The Balaban J connectivity index is 2.92. The van der Waals surface area contributed by atoms with Crippen LogP contribution in [0.5, 0.6) is 0 Å². The number of hydrogen-bond donors (Lipinski definition) is 1. The van der Waals surface area contributed by atoms with Gasteiger partial charge in [-0.25, -0.2) is 0 Å². The summed E-state index contributed by atoms with van der Waals surface area (Å²) in [5.41, 5.74) is -0.384. The van der Waals surface area contributed by atoms with Crippen LogP contribution in [0.2, 0.25) is 0 Å². The maximum absolute atomic E-state index is 11.0. The average Bonchev–Trinajstić information content (AvgIpc) is 2.56. The zero-order valence-corrected chi connectivity index (χ0v) is 13.5. The molecule has 6 nitrogen and oxygen atoms in total. The summed E-state index contributed by atoms with van der Waals surface area (Å²) < 4.78 is 10.7. The van der Waals surface area contributed by atoms with E-state index in [9.17, 15) is 14.9 Å². The Kier molecular flexibility index (Phi) is 7.49. The van der Waals surface area contributed by atoms with E-state index in [1.807, 2.05) is 0 Å². The number of rotatable bonds is 6. The third-order valence-corrected chi connectivity index (χ3v) is 4.11. The van der Waals surface area contributed by atoms with Crippen LogP contribution in [0.25, 0.3) is 0 Å². The summed E-state index contributed by atoms with van der Waals surface area (Å²) in [6.07, 6.45) is 6.28. The predicted molar refractivity (Wildman–Crippen MR) is 83.3 cm³/mol. The summed E-state index contributed by atoms with van der Waals surface area (Å²) >= 11 is 0. The van der Waals surface area contributed by atoms with Gasteiger partial charge in [-0.05, 0) is 19.8 Å². The van der Waals surface area contributed by atoms with Crippen LogP contribution in [0.1, 0.15) is 26.7 Å². The quantitative estimate of drug-likeness (QED) is 0.754. The molecule has 0 aromatic carbocycles. The van der Waals surface area contributed by atoms with E-state index in [2.05, 4.69) is 6.07 Å². The van der Waals surface area contributed by atoms with Crippen molar-refractivity contribution in [2.24, 2.45) is 17.3 Å². The van der Waals surface area contributed by atoms with Gasteiger partial charge in [0.05, 0.1) is 36.9 Å². The fourth-order valence-electron chi connectivity index (χ4n) is 2.22. The second-order valence-corrected chi connectivity index (χ2v) is 5.95. The maximum Gasteiger partial charge on any atom is 0.306 e.